The van der Waals surface area contributed by atoms with Crippen molar-refractivity contribution in [1.29, 1.82) is 0 Å². The quantitative estimate of drug-likeness (QED) is 0.887. The van der Waals surface area contributed by atoms with Gasteiger partial charge in [-0.25, -0.2) is 4.99 Å². The SMILES string of the molecule is Cl.NC1=NC2(CCCCCC2)N(OCc2ccccc2)C(N)=N1. The number of nitrogens with zero attached hydrogens (tertiary/aromatic N) is 3. The van der Waals surface area contributed by atoms with Gasteiger partial charge in [0.15, 0.2) is 5.66 Å². The van der Waals surface area contributed by atoms with Crippen molar-refractivity contribution in [1.82, 2.24) is 5.06 Å². The number of hydrogen-bond acceptors (Lipinski definition) is 6. The maximum absolute atomic E-state index is 6.08. The Morgan fingerprint density at radius 2 is 1.70 bits per heavy atom. The predicted octanol–water partition coefficient (Wildman–Crippen LogP) is 2.54. The molecule has 7 heteroatoms. The van der Waals surface area contributed by atoms with Gasteiger partial charge in [-0.15, -0.1) is 12.4 Å². The first-order valence-corrected chi connectivity index (χ1v) is 7.86. The number of nitrogens with two attached hydrogens (primary N) is 2. The fourth-order valence-corrected chi connectivity index (χ4v) is 3.17. The van der Waals surface area contributed by atoms with Crippen LogP contribution in [-0.2, 0) is 11.4 Å². The normalized spacial score (nSPS) is 20.3. The lowest BCUT2D eigenvalue weighted by molar-refractivity contribution is -0.181. The maximum Gasteiger partial charge on any atom is 0.226 e. The van der Waals surface area contributed by atoms with Gasteiger partial charge in [-0.2, -0.15) is 10.1 Å². The fourth-order valence-electron chi connectivity index (χ4n) is 3.17. The summed E-state index contributed by atoms with van der Waals surface area (Å²) in [7, 11) is 0. The fraction of sp³-hybridized carbons (Fsp3) is 0.500. The molecule has 0 saturated heterocycles. The highest BCUT2D eigenvalue weighted by Crippen LogP contribution is 2.35. The first-order chi connectivity index (χ1) is 10.7. The van der Waals surface area contributed by atoms with Gasteiger partial charge in [0.25, 0.3) is 0 Å². The van der Waals surface area contributed by atoms with Crippen LogP contribution in [-0.4, -0.2) is 22.6 Å². The van der Waals surface area contributed by atoms with E-state index in [1.165, 1.54) is 12.8 Å². The molecule has 0 bridgehead atoms. The lowest BCUT2D eigenvalue weighted by Crippen LogP contribution is -2.56. The molecule has 0 amide bonds. The molecule has 126 valence electrons. The first-order valence-electron chi connectivity index (χ1n) is 7.86. The largest absolute Gasteiger partial charge is 0.368 e. The van der Waals surface area contributed by atoms with Crippen molar-refractivity contribution in [2.45, 2.75) is 50.8 Å². The van der Waals surface area contributed by atoms with Gasteiger partial charge >= 0.3 is 0 Å². The van der Waals surface area contributed by atoms with Gasteiger partial charge in [0.1, 0.15) is 6.61 Å². The smallest absolute Gasteiger partial charge is 0.226 e. The molecule has 2 aliphatic rings. The van der Waals surface area contributed by atoms with Crippen LogP contribution >= 0.6 is 12.4 Å². The van der Waals surface area contributed by atoms with Gasteiger partial charge in [-0.1, -0.05) is 43.2 Å². The molecule has 6 nitrogen and oxygen atoms in total. The highest BCUT2D eigenvalue weighted by atomic mass is 35.5. The van der Waals surface area contributed by atoms with Crippen LogP contribution in [0.1, 0.15) is 44.1 Å². The molecule has 3 rings (SSSR count). The second-order valence-electron chi connectivity index (χ2n) is 5.89. The number of rotatable bonds is 3. The summed E-state index contributed by atoms with van der Waals surface area (Å²) < 4.78 is 0. The van der Waals surface area contributed by atoms with Crippen molar-refractivity contribution >= 4 is 24.3 Å². The summed E-state index contributed by atoms with van der Waals surface area (Å²) in [6.07, 6.45) is 6.38. The summed E-state index contributed by atoms with van der Waals surface area (Å²) in [6, 6.07) is 10.0. The average Bonchev–Trinajstić information content (AvgIpc) is 2.73. The van der Waals surface area contributed by atoms with E-state index in [1.54, 1.807) is 5.06 Å². The van der Waals surface area contributed by atoms with E-state index in [2.05, 4.69) is 9.98 Å². The third-order valence-electron chi connectivity index (χ3n) is 4.25. The summed E-state index contributed by atoms with van der Waals surface area (Å²) >= 11 is 0. The van der Waals surface area contributed by atoms with Gasteiger partial charge < -0.3 is 11.5 Å². The van der Waals surface area contributed by atoms with Crippen molar-refractivity contribution in [3.8, 4) is 0 Å². The lowest BCUT2D eigenvalue weighted by Gasteiger charge is -2.41. The van der Waals surface area contributed by atoms with Crippen molar-refractivity contribution in [3.63, 3.8) is 0 Å². The second-order valence-corrected chi connectivity index (χ2v) is 5.89. The summed E-state index contributed by atoms with van der Waals surface area (Å²) in [5.74, 6) is 0.546. The van der Waals surface area contributed by atoms with E-state index < -0.39 is 5.66 Å². The van der Waals surface area contributed by atoms with Crippen LogP contribution in [0.3, 0.4) is 0 Å². The minimum Gasteiger partial charge on any atom is -0.368 e. The van der Waals surface area contributed by atoms with E-state index in [1.807, 2.05) is 30.3 Å². The van der Waals surface area contributed by atoms with E-state index in [4.69, 9.17) is 16.3 Å². The summed E-state index contributed by atoms with van der Waals surface area (Å²) in [6.45, 7) is 0.439. The van der Waals surface area contributed by atoms with Gasteiger partial charge in [0.2, 0.25) is 11.9 Å². The van der Waals surface area contributed by atoms with E-state index in [-0.39, 0.29) is 18.4 Å². The van der Waals surface area contributed by atoms with Crippen LogP contribution in [0.25, 0.3) is 0 Å². The lowest BCUT2D eigenvalue weighted by atomic mass is 10.0. The minimum atomic E-state index is -0.499. The van der Waals surface area contributed by atoms with E-state index in [0.717, 1.165) is 31.2 Å². The van der Waals surface area contributed by atoms with Gasteiger partial charge in [-0.3, -0.25) is 4.84 Å². The minimum absolute atomic E-state index is 0. The zero-order valence-corrected chi connectivity index (χ0v) is 14.0. The van der Waals surface area contributed by atoms with E-state index >= 15 is 0 Å². The van der Waals surface area contributed by atoms with Gasteiger partial charge in [0, 0.05) is 0 Å². The van der Waals surface area contributed by atoms with Crippen molar-refractivity contribution in [2.75, 3.05) is 0 Å². The van der Waals surface area contributed by atoms with E-state index in [9.17, 15) is 0 Å². The number of halogens is 1. The topological polar surface area (TPSA) is 89.2 Å². The zero-order chi connectivity index (χ0) is 15.4. The first kappa shape index (κ1) is 17.6. The molecule has 1 heterocycles. The van der Waals surface area contributed by atoms with Crippen LogP contribution < -0.4 is 11.5 Å². The molecule has 1 spiro atoms. The number of aliphatic imine (C=N–C) groups is 2. The number of hydrogen-bond donors (Lipinski definition) is 2. The Kier molecular flexibility index (Phi) is 5.85. The van der Waals surface area contributed by atoms with E-state index in [0.29, 0.717) is 12.6 Å². The molecule has 23 heavy (non-hydrogen) atoms. The Hall–Kier alpha value is -1.79. The Morgan fingerprint density at radius 3 is 2.35 bits per heavy atom. The highest BCUT2D eigenvalue weighted by Gasteiger charge is 2.42. The maximum atomic E-state index is 6.08. The number of hydroxylamine groups is 2. The monoisotopic (exact) mass is 337 g/mol. The standard InChI is InChI=1S/C16H23N5O.ClH/c17-14-19-15(18)21(22-12-13-8-4-3-5-9-13)16(20-14)10-6-1-2-7-11-16;/h3-5,8-9H,1-2,6-7,10-12H2,(H4,17,18,19,20);1H. The summed E-state index contributed by atoms with van der Waals surface area (Å²) in [4.78, 5) is 14.7. The molecule has 0 unspecified atom stereocenters. The average molecular weight is 338 g/mol. The molecule has 1 aliphatic carbocycles. The Balaban J connectivity index is 0.00000192. The summed E-state index contributed by atoms with van der Waals surface area (Å²) in [5, 5.41) is 1.68. The van der Waals surface area contributed by atoms with Crippen LogP contribution in [0, 0.1) is 0 Å². The van der Waals surface area contributed by atoms with Crippen LogP contribution in [0.15, 0.2) is 40.3 Å². The molecular formula is C16H24ClN5O. The summed E-state index contributed by atoms with van der Waals surface area (Å²) in [5.41, 5.74) is 12.5. The molecule has 1 saturated carbocycles. The van der Waals surface area contributed by atoms with Crippen molar-refractivity contribution in [2.24, 2.45) is 21.5 Å². The Morgan fingerprint density at radius 1 is 1.04 bits per heavy atom. The highest BCUT2D eigenvalue weighted by molar-refractivity contribution is 5.95. The van der Waals surface area contributed by atoms with Crippen LogP contribution in [0.2, 0.25) is 0 Å². The molecule has 4 N–H and O–H groups in total. The Bertz CT molecular complexity index is 567. The Labute approximate surface area is 143 Å². The molecule has 1 aromatic rings. The molecule has 0 aromatic heterocycles. The second kappa shape index (κ2) is 7.66. The number of guanidine groups is 2. The zero-order valence-electron chi connectivity index (χ0n) is 13.1. The third-order valence-corrected chi connectivity index (χ3v) is 4.25. The van der Waals surface area contributed by atoms with Gasteiger partial charge in [-0.05, 0) is 31.2 Å². The molecule has 0 atom stereocenters. The predicted molar refractivity (Wildman–Crippen MR) is 94.0 cm³/mol. The van der Waals surface area contributed by atoms with Crippen LogP contribution in [0.5, 0.6) is 0 Å². The molecule has 0 radical (unpaired) electrons. The van der Waals surface area contributed by atoms with Crippen molar-refractivity contribution in [3.05, 3.63) is 35.9 Å². The number of benzene rings is 1. The van der Waals surface area contributed by atoms with Crippen molar-refractivity contribution < 1.29 is 4.84 Å². The third kappa shape index (κ3) is 3.95. The molecular weight excluding hydrogens is 314 g/mol. The molecule has 1 fully saturated rings. The van der Waals surface area contributed by atoms with Crippen LogP contribution in [0.4, 0.5) is 0 Å². The molecule has 1 aliphatic heterocycles. The molecule has 1 aromatic carbocycles. The van der Waals surface area contributed by atoms with Gasteiger partial charge in [0.05, 0.1) is 0 Å².